The Morgan fingerprint density at radius 3 is 2.50 bits per heavy atom. The number of carbonyl (C=O) groups is 4. The summed E-state index contributed by atoms with van der Waals surface area (Å²) in [7, 11) is 0. The average Bonchev–Trinajstić information content (AvgIpc) is 3.20. The Labute approximate surface area is 166 Å². The fourth-order valence-corrected chi connectivity index (χ4v) is 6.43. The van der Waals surface area contributed by atoms with E-state index < -0.39 is 24.0 Å². The fourth-order valence-electron chi connectivity index (χ4n) is 4.91. The lowest BCUT2D eigenvalue weighted by Crippen LogP contribution is -2.63. The van der Waals surface area contributed by atoms with E-state index in [1.54, 1.807) is 18.7 Å². The number of aliphatic carboxylic acids is 1. The standard InChI is InChI=1S/C18H23N3O6S/c1-4-19-15(23)10-5-9(6-20(10)18(19)27)28-14-7(2)12-11(8(3)22)16(24)21(12)13(14)17(25)26/h7-12,22H,4-6H2,1-3H3,(H,25,26)/t7-,8-,9+,10-,11-,12-/m1/s1. The number of carboxylic acids is 1. The van der Waals surface area contributed by atoms with Crippen molar-refractivity contribution in [1.82, 2.24) is 14.7 Å². The zero-order valence-corrected chi connectivity index (χ0v) is 16.7. The van der Waals surface area contributed by atoms with E-state index in [0.717, 1.165) is 0 Å². The minimum atomic E-state index is -1.17. The van der Waals surface area contributed by atoms with Gasteiger partial charge in [-0.1, -0.05) is 6.92 Å². The first-order valence-corrected chi connectivity index (χ1v) is 10.3. The molecule has 0 aromatic heterocycles. The van der Waals surface area contributed by atoms with E-state index in [1.807, 2.05) is 6.92 Å². The number of rotatable bonds is 5. The minimum absolute atomic E-state index is 0.0238. The third kappa shape index (κ3) is 2.43. The van der Waals surface area contributed by atoms with E-state index in [2.05, 4.69) is 0 Å². The number of β-lactam (4-membered cyclic amide) rings is 1. The monoisotopic (exact) mass is 409 g/mol. The number of carboxylic acid groups (broad SMARTS) is 1. The molecule has 10 heteroatoms. The second-order valence-corrected chi connectivity index (χ2v) is 9.12. The van der Waals surface area contributed by atoms with Gasteiger partial charge in [0.25, 0.3) is 5.91 Å². The maximum atomic E-state index is 12.4. The van der Waals surface area contributed by atoms with Crippen LogP contribution in [0.15, 0.2) is 10.6 Å². The van der Waals surface area contributed by atoms with Gasteiger partial charge in [0.1, 0.15) is 11.7 Å². The number of likely N-dealkylation sites (N-methyl/N-ethyl adjacent to an activating group) is 1. The van der Waals surface area contributed by atoms with Crippen molar-refractivity contribution in [1.29, 1.82) is 0 Å². The van der Waals surface area contributed by atoms with Crippen LogP contribution in [0.5, 0.6) is 0 Å². The molecular weight excluding hydrogens is 386 g/mol. The average molecular weight is 409 g/mol. The van der Waals surface area contributed by atoms with Gasteiger partial charge >= 0.3 is 12.0 Å². The van der Waals surface area contributed by atoms with Crippen molar-refractivity contribution in [3.8, 4) is 0 Å². The SMILES string of the molecule is CCN1C(=O)[C@H]2C[C@H](SC3=C(C(=O)O)N4C(=O)[C@H]([C@@H](C)O)[C@H]4[C@H]3C)CN2C1=O. The zero-order chi connectivity index (χ0) is 20.5. The molecular formula is C18H23N3O6S. The molecule has 4 heterocycles. The lowest BCUT2D eigenvalue weighted by molar-refractivity contribution is -0.163. The summed E-state index contributed by atoms with van der Waals surface area (Å²) < 4.78 is 0. The number of carbonyl (C=O) groups excluding carboxylic acids is 3. The number of fused-ring (bicyclic) bond motifs is 2. The molecule has 3 fully saturated rings. The summed E-state index contributed by atoms with van der Waals surface area (Å²) in [5.74, 6) is -2.55. The number of aliphatic hydroxyl groups excluding tert-OH is 1. The molecule has 4 aliphatic rings. The van der Waals surface area contributed by atoms with Gasteiger partial charge < -0.3 is 20.0 Å². The Morgan fingerprint density at radius 1 is 1.29 bits per heavy atom. The molecule has 3 saturated heterocycles. The van der Waals surface area contributed by atoms with Crippen LogP contribution in [-0.4, -0.2) is 85.3 Å². The number of aliphatic hydroxyl groups is 1. The first-order valence-electron chi connectivity index (χ1n) is 9.46. The second-order valence-electron chi connectivity index (χ2n) is 7.78. The van der Waals surface area contributed by atoms with E-state index in [1.165, 1.54) is 21.6 Å². The smallest absolute Gasteiger partial charge is 0.353 e. The summed E-state index contributed by atoms with van der Waals surface area (Å²) in [6.07, 6.45) is -0.379. The highest BCUT2D eigenvalue weighted by Crippen LogP contribution is 2.52. The predicted octanol–water partition coefficient (Wildman–Crippen LogP) is 0.298. The van der Waals surface area contributed by atoms with Gasteiger partial charge in [-0.3, -0.25) is 14.5 Å². The third-order valence-corrected chi connectivity index (χ3v) is 7.71. The molecule has 4 aliphatic heterocycles. The second kappa shape index (κ2) is 6.48. The zero-order valence-electron chi connectivity index (χ0n) is 15.9. The van der Waals surface area contributed by atoms with Crippen molar-refractivity contribution < 1.29 is 29.4 Å². The van der Waals surface area contributed by atoms with Crippen molar-refractivity contribution in [2.75, 3.05) is 13.1 Å². The molecule has 28 heavy (non-hydrogen) atoms. The lowest BCUT2D eigenvalue weighted by Gasteiger charge is -2.46. The van der Waals surface area contributed by atoms with Crippen molar-refractivity contribution in [2.45, 2.75) is 50.6 Å². The number of nitrogens with zero attached hydrogens (tertiary/aromatic N) is 3. The Bertz CT molecular complexity index is 787. The van der Waals surface area contributed by atoms with Crippen LogP contribution in [0.2, 0.25) is 0 Å². The van der Waals surface area contributed by atoms with Crippen LogP contribution in [0.4, 0.5) is 4.79 Å². The first kappa shape index (κ1) is 19.3. The Morgan fingerprint density at radius 2 is 1.96 bits per heavy atom. The van der Waals surface area contributed by atoms with Crippen LogP contribution >= 0.6 is 11.8 Å². The molecule has 4 rings (SSSR count). The molecule has 0 saturated carbocycles. The summed E-state index contributed by atoms with van der Waals surface area (Å²) in [5.41, 5.74) is -0.0238. The van der Waals surface area contributed by atoms with E-state index in [-0.39, 0.29) is 40.8 Å². The Kier molecular flexibility index (Phi) is 4.46. The van der Waals surface area contributed by atoms with Crippen LogP contribution in [0.3, 0.4) is 0 Å². The van der Waals surface area contributed by atoms with Crippen molar-refractivity contribution in [3.63, 3.8) is 0 Å². The summed E-state index contributed by atoms with van der Waals surface area (Å²) in [5, 5.41) is 19.5. The van der Waals surface area contributed by atoms with E-state index in [9.17, 15) is 29.4 Å². The fraction of sp³-hybridized carbons (Fsp3) is 0.667. The van der Waals surface area contributed by atoms with E-state index >= 15 is 0 Å². The molecule has 0 unspecified atom stereocenters. The highest BCUT2D eigenvalue weighted by Gasteiger charge is 2.60. The largest absolute Gasteiger partial charge is 0.477 e. The van der Waals surface area contributed by atoms with Crippen molar-refractivity contribution in [2.24, 2.45) is 11.8 Å². The van der Waals surface area contributed by atoms with Gasteiger partial charge in [-0.15, -0.1) is 11.8 Å². The van der Waals surface area contributed by atoms with Crippen LogP contribution in [0, 0.1) is 11.8 Å². The molecule has 0 bridgehead atoms. The van der Waals surface area contributed by atoms with Crippen LogP contribution < -0.4 is 0 Å². The molecule has 0 radical (unpaired) electrons. The van der Waals surface area contributed by atoms with Gasteiger partial charge in [0, 0.05) is 29.2 Å². The van der Waals surface area contributed by atoms with Crippen LogP contribution in [0.25, 0.3) is 0 Å². The summed E-state index contributed by atoms with van der Waals surface area (Å²) in [4.78, 5) is 53.7. The van der Waals surface area contributed by atoms with E-state index in [4.69, 9.17) is 0 Å². The van der Waals surface area contributed by atoms with Crippen molar-refractivity contribution in [3.05, 3.63) is 10.6 Å². The van der Waals surface area contributed by atoms with Gasteiger partial charge in [-0.05, 0) is 20.3 Å². The minimum Gasteiger partial charge on any atom is -0.477 e. The first-order chi connectivity index (χ1) is 13.2. The highest BCUT2D eigenvalue weighted by atomic mass is 32.2. The number of hydrogen-bond acceptors (Lipinski definition) is 6. The third-order valence-electron chi connectivity index (χ3n) is 6.21. The number of thioether (sulfide) groups is 1. The normalized spacial score (nSPS) is 35.5. The number of hydrogen-bond donors (Lipinski definition) is 2. The summed E-state index contributed by atoms with van der Waals surface area (Å²) in [6, 6.07) is -1.14. The molecule has 0 aromatic rings. The van der Waals surface area contributed by atoms with Gasteiger partial charge in [-0.25, -0.2) is 9.59 Å². The van der Waals surface area contributed by atoms with Crippen molar-refractivity contribution >= 4 is 35.6 Å². The Hall–Kier alpha value is -2.07. The van der Waals surface area contributed by atoms with E-state index in [0.29, 0.717) is 24.4 Å². The molecule has 2 N–H and O–H groups in total. The molecule has 0 aromatic carbocycles. The number of urea groups is 1. The quantitative estimate of drug-likeness (QED) is 0.495. The highest BCUT2D eigenvalue weighted by molar-refractivity contribution is 8.03. The van der Waals surface area contributed by atoms with Gasteiger partial charge in [-0.2, -0.15) is 0 Å². The maximum Gasteiger partial charge on any atom is 0.353 e. The number of imide groups is 1. The maximum absolute atomic E-state index is 12.4. The van der Waals surface area contributed by atoms with Crippen LogP contribution in [-0.2, 0) is 14.4 Å². The molecule has 0 spiro atoms. The summed E-state index contributed by atoms with van der Waals surface area (Å²) >= 11 is 1.35. The molecule has 6 atom stereocenters. The molecule has 152 valence electrons. The number of amides is 4. The lowest BCUT2D eigenvalue weighted by atomic mass is 9.79. The predicted molar refractivity (Wildman–Crippen MR) is 98.9 cm³/mol. The van der Waals surface area contributed by atoms with Gasteiger partial charge in [0.05, 0.1) is 18.1 Å². The molecule has 0 aliphatic carbocycles. The topological polar surface area (TPSA) is 118 Å². The van der Waals surface area contributed by atoms with Gasteiger partial charge in [0.2, 0.25) is 5.91 Å². The molecule has 4 amide bonds. The summed E-state index contributed by atoms with van der Waals surface area (Å²) in [6.45, 7) is 5.88. The van der Waals surface area contributed by atoms with Gasteiger partial charge in [0.15, 0.2) is 0 Å². The Balaban J connectivity index is 1.56. The molecule has 9 nitrogen and oxygen atoms in total. The van der Waals surface area contributed by atoms with Crippen LogP contribution in [0.1, 0.15) is 27.2 Å².